The average Bonchev–Trinajstić information content (AvgIpc) is 2.53. The maximum absolute atomic E-state index is 12.9. The summed E-state index contributed by atoms with van der Waals surface area (Å²) in [6, 6.07) is 14.9. The summed E-state index contributed by atoms with van der Waals surface area (Å²) in [7, 11) is 0. The van der Waals surface area contributed by atoms with Gasteiger partial charge in [-0.15, -0.1) is 0 Å². The summed E-state index contributed by atoms with van der Waals surface area (Å²) in [5.41, 5.74) is 0. The van der Waals surface area contributed by atoms with E-state index in [1.807, 2.05) is 24.3 Å². The van der Waals surface area contributed by atoms with Crippen molar-refractivity contribution in [3.8, 4) is 5.75 Å². The Morgan fingerprint density at radius 1 is 0.952 bits per heavy atom. The summed E-state index contributed by atoms with van der Waals surface area (Å²) in [5.74, 6) is 0.674. The molecule has 0 aliphatic carbocycles. The number of hydrogen-bond acceptors (Lipinski definition) is 2. The van der Waals surface area contributed by atoms with Gasteiger partial charge in [0.25, 0.3) is 0 Å². The Balaban J connectivity index is 1.59. The Morgan fingerprint density at radius 2 is 1.62 bits per heavy atom. The molecule has 0 N–H and O–H groups in total. The Labute approximate surface area is 134 Å². The topological polar surface area (TPSA) is 18.5 Å². The van der Waals surface area contributed by atoms with Gasteiger partial charge >= 0.3 is 134 Å². The third kappa shape index (κ3) is 4.41. The summed E-state index contributed by atoms with van der Waals surface area (Å²) in [6.07, 6.45) is 3.15. The van der Waals surface area contributed by atoms with E-state index in [4.69, 9.17) is 9.47 Å². The molecule has 1 aliphatic rings. The van der Waals surface area contributed by atoms with E-state index in [2.05, 4.69) is 12.1 Å². The van der Waals surface area contributed by atoms with Crippen molar-refractivity contribution in [1.29, 1.82) is 0 Å². The van der Waals surface area contributed by atoms with E-state index in [9.17, 15) is 4.39 Å². The molecule has 0 aromatic heterocycles. The van der Waals surface area contributed by atoms with E-state index in [0.717, 1.165) is 25.2 Å². The molecule has 112 valence electrons. The van der Waals surface area contributed by atoms with E-state index in [1.165, 1.54) is 25.7 Å². The molecule has 1 heterocycles. The van der Waals surface area contributed by atoms with Gasteiger partial charge in [0.15, 0.2) is 0 Å². The van der Waals surface area contributed by atoms with Gasteiger partial charge in [0, 0.05) is 0 Å². The maximum atomic E-state index is 12.9. The normalized spacial score (nSPS) is 18.6. The molecule has 1 unspecified atom stereocenters. The summed E-state index contributed by atoms with van der Waals surface area (Å²) >= 11 is -0.271. The van der Waals surface area contributed by atoms with E-state index >= 15 is 0 Å². The average molecular weight is 399 g/mol. The fraction of sp³-hybridized carbons (Fsp3) is 0.294. The summed E-state index contributed by atoms with van der Waals surface area (Å²) < 4.78 is 26.8. The van der Waals surface area contributed by atoms with Gasteiger partial charge in [-0.3, -0.25) is 0 Å². The molecule has 3 rings (SSSR count). The number of ether oxygens (including phenoxy) is 2. The molecule has 4 heteroatoms. The summed E-state index contributed by atoms with van der Waals surface area (Å²) in [6.45, 7) is 0.790. The van der Waals surface area contributed by atoms with Crippen LogP contribution in [0, 0.1) is 13.0 Å². The second kappa shape index (κ2) is 7.22. The molecule has 2 nitrogen and oxygen atoms in total. The number of halogens is 2. The van der Waals surface area contributed by atoms with Crippen molar-refractivity contribution in [3.63, 3.8) is 0 Å². The van der Waals surface area contributed by atoms with Crippen LogP contribution < -0.4 is 25.9 Å². The zero-order valence-corrected chi connectivity index (χ0v) is 13.8. The molecule has 0 radical (unpaired) electrons. The molecule has 0 spiro atoms. The van der Waals surface area contributed by atoms with Gasteiger partial charge in [-0.1, -0.05) is 0 Å². The fourth-order valence-electron chi connectivity index (χ4n) is 2.15. The van der Waals surface area contributed by atoms with Crippen molar-refractivity contribution in [3.05, 3.63) is 61.5 Å². The molecule has 1 saturated heterocycles. The predicted octanol–water partition coefficient (Wildman–Crippen LogP) is 0.859. The second-order valence-corrected chi connectivity index (χ2v) is 7.93. The van der Waals surface area contributed by atoms with Crippen LogP contribution in [0.5, 0.6) is 5.75 Å². The minimum absolute atomic E-state index is 0.101. The van der Waals surface area contributed by atoms with E-state index < -0.39 is 0 Å². The Bertz CT molecular complexity index is 562. The predicted molar refractivity (Wildman–Crippen MR) is 74.5 cm³/mol. The molecular formula is C17H17FIO2-. The van der Waals surface area contributed by atoms with Crippen molar-refractivity contribution in [2.24, 2.45) is 0 Å². The standard InChI is InChI=1S/C17H17FIO2/c18-13-4-6-14(7-5-13)19-15-8-10-16(11-9-15)21-17-3-1-2-12-20-17/h4-11,17H,1-3,12H2/q-1. The van der Waals surface area contributed by atoms with Crippen LogP contribution in [0.4, 0.5) is 4.39 Å². The molecule has 0 saturated carbocycles. The zero-order valence-electron chi connectivity index (χ0n) is 11.6. The van der Waals surface area contributed by atoms with Crippen molar-refractivity contribution >= 4 is 0 Å². The molecule has 21 heavy (non-hydrogen) atoms. The van der Waals surface area contributed by atoms with Crippen LogP contribution in [0.3, 0.4) is 0 Å². The van der Waals surface area contributed by atoms with Crippen molar-refractivity contribution in [1.82, 2.24) is 0 Å². The van der Waals surface area contributed by atoms with Crippen LogP contribution in [-0.4, -0.2) is 12.9 Å². The summed E-state index contributed by atoms with van der Waals surface area (Å²) in [4.78, 5) is 0. The van der Waals surface area contributed by atoms with Crippen molar-refractivity contribution in [2.75, 3.05) is 6.61 Å². The van der Waals surface area contributed by atoms with Crippen LogP contribution in [0.2, 0.25) is 0 Å². The molecule has 1 aliphatic heterocycles. The first kappa shape index (κ1) is 14.8. The monoisotopic (exact) mass is 399 g/mol. The molecule has 1 fully saturated rings. The van der Waals surface area contributed by atoms with E-state index in [0.29, 0.717) is 0 Å². The summed E-state index contributed by atoms with van der Waals surface area (Å²) in [5, 5.41) is 0. The molecule has 0 amide bonds. The van der Waals surface area contributed by atoms with Gasteiger partial charge in [0.05, 0.1) is 0 Å². The minimum atomic E-state index is -0.271. The van der Waals surface area contributed by atoms with Gasteiger partial charge in [-0.05, 0) is 0 Å². The molecular weight excluding hydrogens is 382 g/mol. The van der Waals surface area contributed by atoms with E-state index in [1.54, 1.807) is 0 Å². The van der Waals surface area contributed by atoms with Gasteiger partial charge in [0.1, 0.15) is 0 Å². The van der Waals surface area contributed by atoms with Gasteiger partial charge in [-0.25, -0.2) is 0 Å². The number of benzene rings is 2. The van der Waals surface area contributed by atoms with Crippen molar-refractivity contribution < 1.29 is 35.1 Å². The first-order valence-corrected chi connectivity index (χ1v) is 9.24. The van der Waals surface area contributed by atoms with Crippen LogP contribution >= 0.6 is 0 Å². The zero-order chi connectivity index (χ0) is 14.5. The Morgan fingerprint density at radius 3 is 2.24 bits per heavy atom. The fourth-order valence-corrected chi connectivity index (χ4v) is 4.31. The van der Waals surface area contributed by atoms with Crippen LogP contribution in [0.1, 0.15) is 19.3 Å². The molecule has 0 bridgehead atoms. The third-order valence-corrected chi connectivity index (χ3v) is 5.92. The molecule has 1 atom stereocenters. The Hall–Kier alpha value is -1.14. The first-order chi connectivity index (χ1) is 10.3. The molecule has 2 aromatic rings. The van der Waals surface area contributed by atoms with Gasteiger partial charge in [0.2, 0.25) is 0 Å². The Kier molecular flexibility index (Phi) is 5.08. The van der Waals surface area contributed by atoms with Gasteiger partial charge in [-0.2, -0.15) is 0 Å². The van der Waals surface area contributed by atoms with Crippen LogP contribution in [0.15, 0.2) is 48.5 Å². The number of rotatable bonds is 4. The van der Waals surface area contributed by atoms with E-state index in [-0.39, 0.29) is 33.3 Å². The first-order valence-electron chi connectivity index (χ1n) is 7.08. The number of hydrogen-bond donors (Lipinski definition) is 0. The third-order valence-electron chi connectivity index (χ3n) is 3.24. The van der Waals surface area contributed by atoms with Crippen LogP contribution in [0.25, 0.3) is 0 Å². The second-order valence-electron chi connectivity index (χ2n) is 4.90. The van der Waals surface area contributed by atoms with Crippen molar-refractivity contribution in [2.45, 2.75) is 25.6 Å². The van der Waals surface area contributed by atoms with Gasteiger partial charge < -0.3 is 0 Å². The molecule has 2 aromatic carbocycles. The quantitative estimate of drug-likeness (QED) is 0.711. The SMILES string of the molecule is Fc1ccc([I-]c2ccc(OC3CCCCO3)cc2)cc1. The van der Waals surface area contributed by atoms with Crippen LogP contribution in [-0.2, 0) is 4.74 Å².